The smallest absolute Gasteiger partial charge is 0.269 e. The van der Waals surface area contributed by atoms with Crippen LogP contribution in [0.2, 0.25) is 0 Å². The molecule has 0 saturated carbocycles. The fraction of sp³-hybridized carbons (Fsp3) is 0.0769. The van der Waals surface area contributed by atoms with Gasteiger partial charge in [0.1, 0.15) is 5.82 Å². The fourth-order valence-corrected chi connectivity index (χ4v) is 2.78. The lowest BCUT2D eigenvalue weighted by atomic mass is 10.2. The molecule has 0 aliphatic rings. The molecule has 0 saturated heterocycles. The molecule has 0 heterocycles. The molecule has 0 fully saturated rings. The summed E-state index contributed by atoms with van der Waals surface area (Å²) in [4.78, 5) is 10.4. The number of nitrogen functional groups attached to an aromatic ring is 1. The van der Waals surface area contributed by atoms with E-state index in [1.54, 1.807) is 0 Å². The van der Waals surface area contributed by atoms with Crippen LogP contribution in [0.5, 0.6) is 0 Å². The van der Waals surface area contributed by atoms with Gasteiger partial charge in [-0.1, -0.05) is 0 Å². The third-order valence-electron chi connectivity index (χ3n) is 2.70. The summed E-state index contributed by atoms with van der Waals surface area (Å²) in [6, 6.07) is 9.28. The Morgan fingerprint density at radius 1 is 1.20 bits per heavy atom. The summed E-state index contributed by atoms with van der Waals surface area (Å²) in [7, 11) is -1.44. The van der Waals surface area contributed by atoms with Crippen molar-refractivity contribution < 1.29 is 13.5 Å². The minimum Gasteiger partial charge on any atom is -0.398 e. The summed E-state index contributed by atoms with van der Waals surface area (Å²) < 4.78 is 25.2. The molecule has 0 amide bonds. The summed E-state index contributed by atoms with van der Waals surface area (Å²) in [5, 5.41) is 10.5. The van der Waals surface area contributed by atoms with Crippen molar-refractivity contribution in [3.8, 4) is 0 Å². The van der Waals surface area contributed by atoms with Gasteiger partial charge in [0.25, 0.3) is 5.69 Å². The van der Waals surface area contributed by atoms with E-state index in [-0.39, 0.29) is 11.4 Å². The molecular weight excluding hydrogens is 283 g/mol. The van der Waals surface area contributed by atoms with Crippen LogP contribution in [-0.4, -0.2) is 9.13 Å². The fourth-order valence-electron chi connectivity index (χ4n) is 1.64. The third kappa shape index (κ3) is 3.18. The molecule has 1 unspecified atom stereocenters. The highest BCUT2D eigenvalue weighted by Crippen LogP contribution is 2.20. The van der Waals surface area contributed by atoms with Crippen molar-refractivity contribution >= 4 is 22.2 Å². The maximum atomic E-state index is 13.1. The Kier molecular flexibility index (Phi) is 4.09. The molecule has 2 aromatic rings. The average Bonchev–Trinajstić information content (AvgIpc) is 2.43. The Morgan fingerprint density at radius 3 is 2.45 bits per heavy atom. The molecule has 104 valence electrons. The van der Waals surface area contributed by atoms with Gasteiger partial charge in [0.05, 0.1) is 21.5 Å². The van der Waals surface area contributed by atoms with E-state index in [9.17, 15) is 18.7 Å². The number of benzene rings is 2. The number of anilines is 1. The molecule has 1 atom stereocenters. The van der Waals surface area contributed by atoms with Gasteiger partial charge < -0.3 is 5.73 Å². The van der Waals surface area contributed by atoms with E-state index in [1.165, 1.54) is 42.5 Å². The number of nitro benzene ring substituents is 1. The van der Waals surface area contributed by atoms with E-state index < -0.39 is 21.5 Å². The first kappa shape index (κ1) is 14.1. The van der Waals surface area contributed by atoms with Crippen molar-refractivity contribution in [3.05, 3.63) is 64.0 Å². The van der Waals surface area contributed by atoms with Gasteiger partial charge in [-0.25, -0.2) is 4.39 Å². The molecular formula is C13H11FN2O3S. The van der Waals surface area contributed by atoms with E-state index in [0.29, 0.717) is 16.1 Å². The van der Waals surface area contributed by atoms with E-state index in [2.05, 4.69) is 0 Å². The molecule has 2 rings (SSSR count). The summed E-state index contributed by atoms with van der Waals surface area (Å²) in [5.41, 5.74) is 6.42. The number of rotatable bonds is 4. The van der Waals surface area contributed by atoms with Crippen molar-refractivity contribution in [2.24, 2.45) is 0 Å². The summed E-state index contributed by atoms with van der Waals surface area (Å²) in [6.07, 6.45) is 0. The lowest BCUT2D eigenvalue weighted by Crippen LogP contribution is -2.01. The number of halogens is 1. The van der Waals surface area contributed by atoms with Crippen LogP contribution in [0.3, 0.4) is 0 Å². The number of non-ortho nitro benzene ring substituents is 1. The Morgan fingerprint density at radius 2 is 1.85 bits per heavy atom. The topological polar surface area (TPSA) is 86.2 Å². The Labute approximate surface area is 116 Å². The molecule has 20 heavy (non-hydrogen) atoms. The molecule has 0 aromatic heterocycles. The first-order chi connectivity index (χ1) is 9.47. The van der Waals surface area contributed by atoms with Crippen LogP contribution in [0.4, 0.5) is 15.8 Å². The lowest BCUT2D eigenvalue weighted by Gasteiger charge is -2.06. The van der Waals surface area contributed by atoms with E-state index >= 15 is 0 Å². The van der Waals surface area contributed by atoms with Crippen molar-refractivity contribution in [3.63, 3.8) is 0 Å². The average molecular weight is 294 g/mol. The number of nitro groups is 1. The second-order valence-electron chi connectivity index (χ2n) is 4.08. The van der Waals surface area contributed by atoms with Crippen LogP contribution in [-0.2, 0) is 16.6 Å². The molecule has 0 aliphatic heterocycles. The Balaban J connectivity index is 2.19. The van der Waals surface area contributed by atoms with E-state index in [0.717, 1.165) is 0 Å². The third-order valence-corrected chi connectivity index (χ3v) is 4.07. The highest BCUT2D eigenvalue weighted by atomic mass is 32.2. The van der Waals surface area contributed by atoms with Gasteiger partial charge >= 0.3 is 0 Å². The van der Waals surface area contributed by atoms with Crippen molar-refractivity contribution in [1.82, 2.24) is 0 Å². The first-order valence-corrected chi connectivity index (χ1v) is 6.96. The molecule has 0 spiro atoms. The SMILES string of the molecule is Nc1ccc(F)cc1CS(=O)c1ccc([N+](=O)[O-])cc1. The van der Waals surface area contributed by atoms with Gasteiger partial charge in [-0.2, -0.15) is 0 Å². The van der Waals surface area contributed by atoms with Crippen LogP contribution >= 0.6 is 0 Å². The van der Waals surface area contributed by atoms with Crippen molar-refractivity contribution in [2.45, 2.75) is 10.6 Å². The monoisotopic (exact) mass is 294 g/mol. The standard InChI is InChI=1S/C13H11FN2O3S/c14-10-1-6-13(15)9(7-10)8-20(19)12-4-2-11(3-5-12)16(17)18/h1-7H,8,15H2. The second kappa shape index (κ2) is 5.79. The van der Waals surface area contributed by atoms with Crippen LogP contribution < -0.4 is 5.73 Å². The van der Waals surface area contributed by atoms with Crippen LogP contribution in [0.25, 0.3) is 0 Å². The molecule has 2 aromatic carbocycles. The predicted octanol–water partition coefficient (Wildman–Crippen LogP) is 2.62. The van der Waals surface area contributed by atoms with Crippen LogP contribution in [0.15, 0.2) is 47.4 Å². The lowest BCUT2D eigenvalue weighted by molar-refractivity contribution is -0.384. The van der Waals surface area contributed by atoms with E-state index in [4.69, 9.17) is 5.73 Å². The summed E-state index contributed by atoms with van der Waals surface area (Å²) in [5.74, 6) is -0.392. The molecule has 7 heteroatoms. The van der Waals surface area contributed by atoms with Crippen LogP contribution in [0, 0.1) is 15.9 Å². The van der Waals surface area contributed by atoms with Gasteiger partial charge in [0, 0.05) is 22.7 Å². The van der Waals surface area contributed by atoms with Gasteiger partial charge in [-0.3, -0.25) is 14.3 Å². The van der Waals surface area contributed by atoms with Crippen LogP contribution in [0.1, 0.15) is 5.56 Å². The zero-order valence-corrected chi connectivity index (χ0v) is 11.1. The molecule has 0 aliphatic carbocycles. The van der Waals surface area contributed by atoms with Crippen molar-refractivity contribution in [2.75, 3.05) is 5.73 Å². The summed E-state index contributed by atoms with van der Waals surface area (Å²) >= 11 is 0. The summed E-state index contributed by atoms with van der Waals surface area (Å²) in [6.45, 7) is 0. The minimum absolute atomic E-state index is 0.0569. The minimum atomic E-state index is -1.44. The zero-order valence-electron chi connectivity index (χ0n) is 10.3. The van der Waals surface area contributed by atoms with Gasteiger partial charge in [-0.05, 0) is 35.9 Å². The number of nitrogens with two attached hydrogens (primary N) is 1. The normalized spacial score (nSPS) is 12.1. The maximum absolute atomic E-state index is 13.1. The molecule has 5 nitrogen and oxygen atoms in total. The number of nitrogens with zero attached hydrogens (tertiary/aromatic N) is 1. The molecule has 0 radical (unpaired) electrons. The van der Waals surface area contributed by atoms with Gasteiger partial charge in [-0.15, -0.1) is 0 Å². The maximum Gasteiger partial charge on any atom is 0.269 e. The quantitative estimate of drug-likeness (QED) is 0.533. The first-order valence-electron chi connectivity index (χ1n) is 5.64. The van der Waals surface area contributed by atoms with Crippen molar-refractivity contribution in [1.29, 1.82) is 0 Å². The van der Waals surface area contributed by atoms with Gasteiger partial charge in [0.15, 0.2) is 0 Å². The number of hydrogen-bond acceptors (Lipinski definition) is 4. The van der Waals surface area contributed by atoms with Gasteiger partial charge in [0.2, 0.25) is 0 Å². The molecule has 2 N–H and O–H groups in total. The predicted molar refractivity (Wildman–Crippen MR) is 74.0 cm³/mol. The Hall–Kier alpha value is -2.28. The Bertz CT molecular complexity index is 674. The second-order valence-corrected chi connectivity index (χ2v) is 5.54. The number of hydrogen-bond donors (Lipinski definition) is 1. The molecule has 0 bridgehead atoms. The largest absolute Gasteiger partial charge is 0.398 e. The highest BCUT2D eigenvalue weighted by Gasteiger charge is 2.11. The zero-order chi connectivity index (χ0) is 14.7. The van der Waals surface area contributed by atoms with E-state index in [1.807, 2.05) is 0 Å². The highest BCUT2D eigenvalue weighted by molar-refractivity contribution is 7.84.